The van der Waals surface area contributed by atoms with Gasteiger partial charge in [0.05, 0.1) is 5.56 Å². The van der Waals surface area contributed by atoms with Gasteiger partial charge >= 0.3 is 0 Å². The smallest absolute Gasteiger partial charge is 0.149 e. The van der Waals surface area contributed by atoms with Gasteiger partial charge in [-0.3, -0.25) is 0 Å². The van der Waals surface area contributed by atoms with Crippen LogP contribution in [-0.4, -0.2) is 6.61 Å². The van der Waals surface area contributed by atoms with Crippen molar-refractivity contribution in [1.82, 2.24) is 0 Å². The monoisotopic (exact) mass is 185 g/mol. The highest BCUT2D eigenvalue weighted by molar-refractivity contribution is 5.45. The minimum absolute atomic E-state index is 0.328. The molecule has 0 aliphatic heterocycles. The first-order valence-electron chi connectivity index (χ1n) is 4.31. The summed E-state index contributed by atoms with van der Waals surface area (Å²) in [6, 6.07) is 7.60. The Labute approximate surface area is 84.1 Å². The number of aryl methyl sites for hydroxylation is 1. The van der Waals surface area contributed by atoms with E-state index < -0.39 is 0 Å². The second-order valence-electron chi connectivity index (χ2n) is 2.83. The van der Waals surface area contributed by atoms with Crippen LogP contribution in [0.4, 0.5) is 0 Å². The van der Waals surface area contributed by atoms with Crippen LogP contribution in [0.2, 0.25) is 0 Å². The maximum Gasteiger partial charge on any atom is 0.149 e. The highest BCUT2D eigenvalue weighted by Crippen LogP contribution is 2.18. The Hall–Kier alpha value is -1.93. The van der Waals surface area contributed by atoms with Crippen LogP contribution >= 0.6 is 0 Å². The van der Waals surface area contributed by atoms with E-state index in [-0.39, 0.29) is 0 Å². The van der Waals surface area contributed by atoms with E-state index in [9.17, 15) is 0 Å². The average Bonchev–Trinajstić information content (AvgIpc) is 2.20. The Bertz CT molecular complexity index is 418. The van der Waals surface area contributed by atoms with Gasteiger partial charge in [0.1, 0.15) is 18.4 Å². The first-order chi connectivity index (χ1) is 6.77. The van der Waals surface area contributed by atoms with Gasteiger partial charge in [-0.15, -0.1) is 5.92 Å². The van der Waals surface area contributed by atoms with Gasteiger partial charge in [-0.05, 0) is 31.5 Å². The molecule has 0 fully saturated rings. The third-order valence-corrected chi connectivity index (χ3v) is 1.73. The van der Waals surface area contributed by atoms with Crippen LogP contribution in [0.25, 0.3) is 0 Å². The molecule has 0 aliphatic rings. The van der Waals surface area contributed by atoms with Gasteiger partial charge in [0, 0.05) is 0 Å². The van der Waals surface area contributed by atoms with Crippen molar-refractivity contribution < 1.29 is 4.74 Å². The first-order valence-corrected chi connectivity index (χ1v) is 4.31. The van der Waals surface area contributed by atoms with Gasteiger partial charge in [-0.2, -0.15) is 5.26 Å². The fraction of sp³-hybridized carbons (Fsp3) is 0.250. The Balaban J connectivity index is 2.85. The molecule has 0 bridgehead atoms. The van der Waals surface area contributed by atoms with Crippen LogP contribution in [0.1, 0.15) is 18.1 Å². The molecule has 1 rings (SSSR count). The highest BCUT2D eigenvalue weighted by atomic mass is 16.5. The minimum Gasteiger partial charge on any atom is -0.480 e. The normalized spacial score (nSPS) is 8.36. The summed E-state index contributed by atoms with van der Waals surface area (Å²) in [6.07, 6.45) is 0. The lowest BCUT2D eigenvalue weighted by molar-refractivity contribution is 0.369. The number of benzene rings is 1. The molecule has 1 aromatic carbocycles. The van der Waals surface area contributed by atoms with Crippen molar-refractivity contribution in [2.45, 2.75) is 13.8 Å². The number of ether oxygens (including phenoxy) is 1. The van der Waals surface area contributed by atoms with E-state index in [4.69, 9.17) is 10.00 Å². The number of rotatable bonds is 2. The topological polar surface area (TPSA) is 33.0 Å². The number of nitriles is 1. The maximum atomic E-state index is 8.83. The predicted octanol–water partition coefficient (Wildman–Crippen LogP) is 2.27. The van der Waals surface area contributed by atoms with Gasteiger partial charge in [0.25, 0.3) is 0 Å². The fourth-order valence-electron chi connectivity index (χ4n) is 1.04. The molecule has 0 heterocycles. The molecule has 0 unspecified atom stereocenters. The van der Waals surface area contributed by atoms with Gasteiger partial charge < -0.3 is 4.74 Å². The standard InChI is InChI=1S/C12H11NO/c1-3-4-7-14-12-6-5-10(2)8-11(12)9-13/h5-6,8H,7H2,1-2H3. The maximum absolute atomic E-state index is 8.83. The molecule has 0 saturated carbocycles. The zero-order valence-corrected chi connectivity index (χ0v) is 8.29. The van der Waals surface area contributed by atoms with Crippen molar-refractivity contribution in [3.63, 3.8) is 0 Å². The summed E-state index contributed by atoms with van der Waals surface area (Å²) < 4.78 is 5.33. The van der Waals surface area contributed by atoms with Crippen molar-refractivity contribution in [3.05, 3.63) is 29.3 Å². The second-order valence-corrected chi connectivity index (χ2v) is 2.83. The molecular weight excluding hydrogens is 174 g/mol. The van der Waals surface area contributed by atoms with E-state index in [0.29, 0.717) is 17.9 Å². The Kier molecular flexibility index (Phi) is 3.58. The molecule has 2 nitrogen and oxygen atoms in total. The molecule has 0 amide bonds. The number of hydrogen-bond acceptors (Lipinski definition) is 2. The Morgan fingerprint density at radius 3 is 2.86 bits per heavy atom. The molecule has 2 heteroatoms. The lowest BCUT2D eigenvalue weighted by atomic mass is 10.1. The molecule has 0 N–H and O–H groups in total. The van der Waals surface area contributed by atoms with Crippen LogP contribution in [0.3, 0.4) is 0 Å². The van der Waals surface area contributed by atoms with Crippen LogP contribution < -0.4 is 4.74 Å². The largest absolute Gasteiger partial charge is 0.480 e. The number of nitrogens with zero attached hydrogens (tertiary/aromatic N) is 1. The zero-order chi connectivity index (χ0) is 10.4. The lowest BCUT2D eigenvalue weighted by Gasteiger charge is -2.04. The van der Waals surface area contributed by atoms with E-state index in [0.717, 1.165) is 5.56 Å². The number of hydrogen-bond donors (Lipinski definition) is 0. The van der Waals surface area contributed by atoms with Crippen molar-refractivity contribution >= 4 is 0 Å². The molecule has 0 atom stereocenters. The summed E-state index contributed by atoms with van der Waals surface area (Å²) in [5.41, 5.74) is 1.61. The van der Waals surface area contributed by atoms with E-state index >= 15 is 0 Å². The van der Waals surface area contributed by atoms with Gasteiger partial charge in [-0.1, -0.05) is 12.0 Å². The third-order valence-electron chi connectivity index (χ3n) is 1.73. The van der Waals surface area contributed by atoms with Crippen molar-refractivity contribution in [3.8, 4) is 23.7 Å². The molecule has 14 heavy (non-hydrogen) atoms. The van der Waals surface area contributed by atoms with Crippen LogP contribution in [-0.2, 0) is 0 Å². The molecule has 0 spiro atoms. The summed E-state index contributed by atoms with van der Waals surface area (Å²) in [4.78, 5) is 0. The summed E-state index contributed by atoms with van der Waals surface area (Å²) >= 11 is 0. The summed E-state index contributed by atoms with van der Waals surface area (Å²) in [5, 5.41) is 8.83. The lowest BCUT2D eigenvalue weighted by Crippen LogP contribution is -1.96. The molecule has 0 saturated heterocycles. The van der Waals surface area contributed by atoms with E-state index in [2.05, 4.69) is 17.9 Å². The molecule has 0 aromatic heterocycles. The third kappa shape index (κ3) is 2.54. The molecule has 0 aliphatic carbocycles. The van der Waals surface area contributed by atoms with E-state index in [1.54, 1.807) is 19.1 Å². The second kappa shape index (κ2) is 4.94. The highest BCUT2D eigenvalue weighted by Gasteiger charge is 2.01. The predicted molar refractivity (Wildman–Crippen MR) is 54.8 cm³/mol. The quantitative estimate of drug-likeness (QED) is 0.662. The molecule has 1 aromatic rings. The van der Waals surface area contributed by atoms with E-state index in [1.807, 2.05) is 13.0 Å². The molecular formula is C12H11NO. The molecule has 70 valence electrons. The van der Waals surface area contributed by atoms with Crippen molar-refractivity contribution in [2.24, 2.45) is 0 Å². The van der Waals surface area contributed by atoms with Crippen LogP contribution in [0.15, 0.2) is 18.2 Å². The Morgan fingerprint density at radius 2 is 2.21 bits per heavy atom. The summed E-state index contributed by atoms with van der Waals surface area (Å²) in [5.74, 6) is 6.11. The van der Waals surface area contributed by atoms with Gasteiger partial charge in [0.2, 0.25) is 0 Å². The van der Waals surface area contributed by atoms with Crippen LogP contribution in [0.5, 0.6) is 5.75 Å². The van der Waals surface area contributed by atoms with Crippen molar-refractivity contribution in [2.75, 3.05) is 6.61 Å². The zero-order valence-electron chi connectivity index (χ0n) is 8.29. The summed E-state index contributed by atoms with van der Waals surface area (Å²) in [6.45, 7) is 4.02. The Morgan fingerprint density at radius 1 is 1.43 bits per heavy atom. The van der Waals surface area contributed by atoms with Crippen molar-refractivity contribution in [1.29, 1.82) is 5.26 Å². The average molecular weight is 185 g/mol. The van der Waals surface area contributed by atoms with Crippen LogP contribution in [0, 0.1) is 30.1 Å². The van der Waals surface area contributed by atoms with Gasteiger partial charge in [-0.25, -0.2) is 0 Å². The van der Waals surface area contributed by atoms with E-state index in [1.165, 1.54) is 0 Å². The fourth-order valence-corrected chi connectivity index (χ4v) is 1.04. The minimum atomic E-state index is 0.328. The summed E-state index contributed by atoms with van der Waals surface area (Å²) in [7, 11) is 0. The first kappa shape index (κ1) is 10.2. The SMILES string of the molecule is CC#CCOc1ccc(C)cc1C#N. The molecule has 0 radical (unpaired) electrons. The van der Waals surface area contributed by atoms with Gasteiger partial charge in [0.15, 0.2) is 0 Å².